The minimum absolute atomic E-state index is 0.00621. The first-order valence-corrected chi connectivity index (χ1v) is 13.9. The predicted molar refractivity (Wildman–Crippen MR) is 145 cm³/mol. The van der Waals surface area contributed by atoms with E-state index in [1.54, 1.807) is 19.9 Å². The third-order valence-corrected chi connectivity index (χ3v) is 7.60. The van der Waals surface area contributed by atoms with Gasteiger partial charge >= 0.3 is 6.18 Å². The molecule has 0 atom stereocenters. The van der Waals surface area contributed by atoms with Gasteiger partial charge in [-0.3, -0.25) is 14.2 Å². The third-order valence-electron chi connectivity index (χ3n) is 7.60. The molecule has 2 fully saturated rings. The number of nitrogens with zero attached hydrogens (tertiary/aromatic N) is 4. The highest BCUT2D eigenvalue weighted by molar-refractivity contribution is 5.80. The summed E-state index contributed by atoms with van der Waals surface area (Å²) in [6.45, 7) is 5.08. The molecule has 0 unspecified atom stereocenters. The molecule has 1 N–H and O–H groups in total. The fourth-order valence-electron chi connectivity index (χ4n) is 5.69. The first kappa shape index (κ1) is 28.1. The molecule has 1 amide bonds. The molecule has 1 saturated heterocycles. The molecule has 0 bridgehead atoms. The maximum Gasteiger partial charge on any atom is 0.416 e. The average Bonchev–Trinajstić information content (AvgIpc) is 3.45. The summed E-state index contributed by atoms with van der Waals surface area (Å²) in [5.41, 5.74) is -1.33. The van der Waals surface area contributed by atoms with Gasteiger partial charge in [0, 0.05) is 30.7 Å². The number of nitrogens with one attached hydrogen (secondary N) is 1. The van der Waals surface area contributed by atoms with Crippen molar-refractivity contribution in [3.8, 4) is 17.1 Å². The molecule has 3 aromatic rings. The second-order valence-corrected chi connectivity index (χ2v) is 11.0. The lowest BCUT2D eigenvalue weighted by Crippen LogP contribution is -2.43. The van der Waals surface area contributed by atoms with Crippen molar-refractivity contribution in [1.29, 1.82) is 0 Å². The van der Waals surface area contributed by atoms with Gasteiger partial charge in [-0.2, -0.15) is 13.2 Å². The summed E-state index contributed by atoms with van der Waals surface area (Å²) >= 11 is 0. The van der Waals surface area contributed by atoms with Crippen LogP contribution in [0.25, 0.3) is 22.4 Å². The van der Waals surface area contributed by atoms with E-state index < -0.39 is 29.8 Å². The summed E-state index contributed by atoms with van der Waals surface area (Å²) in [4.78, 5) is 37.6. The van der Waals surface area contributed by atoms with Gasteiger partial charge in [0.05, 0.1) is 17.1 Å². The van der Waals surface area contributed by atoms with Crippen molar-refractivity contribution in [2.24, 2.45) is 0 Å². The number of halogens is 3. The van der Waals surface area contributed by atoms with Gasteiger partial charge in [0.15, 0.2) is 5.65 Å². The van der Waals surface area contributed by atoms with Crippen LogP contribution in [0.1, 0.15) is 57.9 Å². The number of carbonyl (C=O) groups excluding carboxylic acids is 1. The average molecular weight is 558 g/mol. The minimum atomic E-state index is -4.58. The fraction of sp³-hybridized carbons (Fsp3) is 0.517. The Morgan fingerprint density at radius 1 is 1.12 bits per heavy atom. The van der Waals surface area contributed by atoms with E-state index in [-0.39, 0.29) is 34.6 Å². The van der Waals surface area contributed by atoms with Crippen LogP contribution in [0.3, 0.4) is 0 Å². The van der Waals surface area contributed by atoms with E-state index in [4.69, 9.17) is 4.74 Å². The van der Waals surface area contributed by atoms with E-state index in [9.17, 15) is 22.8 Å². The Morgan fingerprint density at radius 2 is 1.85 bits per heavy atom. The highest BCUT2D eigenvalue weighted by atomic mass is 19.4. The van der Waals surface area contributed by atoms with Crippen molar-refractivity contribution in [2.75, 3.05) is 13.1 Å². The Balaban J connectivity index is 1.45. The number of benzene rings is 1. The molecule has 2 aliphatic rings. The Hall–Kier alpha value is -3.47. The van der Waals surface area contributed by atoms with Crippen molar-refractivity contribution >= 4 is 16.9 Å². The summed E-state index contributed by atoms with van der Waals surface area (Å²) in [5.74, 6) is -0.0976. The molecule has 1 aliphatic heterocycles. The van der Waals surface area contributed by atoms with E-state index in [0.717, 1.165) is 42.6 Å². The van der Waals surface area contributed by atoms with E-state index in [2.05, 4.69) is 20.2 Å². The molecule has 8 nitrogen and oxygen atoms in total. The van der Waals surface area contributed by atoms with Crippen molar-refractivity contribution in [3.05, 3.63) is 52.4 Å². The standard InChI is InChI=1S/C29H34F3N5O3/c1-18(2)34-25(38)17-37-27(19-6-5-7-20(14-19)29(30,31)32)35-26-24(28(37)39)15-23(16-33-26)40-22-10-12-36(13-11-22)21-8-3-4-9-21/h5-7,14-16,18,21-22H,3-4,8-13,17H2,1-2H3,(H,34,38). The van der Waals surface area contributed by atoms with Crippen LogP contribution in [0, 0.1) is 0 Å². The van der Waals surface area contributed by atoms with Gasteiger partial charge in [0.2, 0.25) is 5.91 Å². The first-order chi connectivity index (χ1) is 19.1. The van der Waals surface area contributed by atoms with E-state index in [1.165, 1.54) is 44.0 Å². The van der Waals surface area contributed by atoms with Crippen LogP contribution in [-0.2, 0) is 17.5 Å². The van der Waals surface area contributed by atoms with Crippen molar-refractivity contribution in [1.82, 2.24) is 24.8 Å². The zero-order valence-electron chi connectivity index (χ0n) is 22.7. The molecule has 40 heavy (non-hydrogen) atoms. The molecule has 3 heterocycles. The summed E-state index contributed by atoms with van der Waals surface area (Å²) in [7, 11) is 0. The second kappa shape index (κ2) is 11.6. The lowest BCUT2D eigenvalue weighted by Gasteiger charge is -2.35. The Kier molecular flexibility index (Phi) is 8.11. The van der Waals surface area contributed by atoms with Crippen LogP contribution in [-0.4, -0.2) is 56.6 Å². The van der Waals surface area contributed by atoms with Crippen LogP contribution in [0.4, 0.5) is 13.2 Å². The molecule has 1 saturated carbocycles. The van der Waals surface area contributed by atoms with Crippen molar-refractivity contribution < 1.29 is 22.7 Å². The lowest BCUT2D eigenvalue weighted by molar-refractivity contribution is -0.137. The Bertz CT molecular complexity index is 1420. The minimum Gasteiger partial charge on any atom is -0.489 e. The maximum atomic E-state index is 13.7. The normalized spacial score (nSPS) is 17.6. The van der Waals surface area contributed by atoms with Crippen molar-refractivity contribution in [3.63, 3.8) is 0 Å². The number of hydrogen-bond acceptors (Lipinski definition) is 6. The molecule has 1 aliphatic carbocycles. The molecule has 1 aromatic carbocycles. The van der Waals surface area contributed by atoms with Gasteiger partial charge in [0.1, 0.15) is 24.2 Å². The second-order valence-electron chi connectivity index (χ2n) is 11.0. The Morgan fingerprint density at radius 3 is 2.52 bits per heavy atom. The molecule has 11 heteroatoms. The van der Waals surface area contributed by atoms with E-state index in [0.29, 0.717) is 11.8 Å². The first-order valence-electron chi connectivity index (χ1n) is 13.9. The number of rotatable bonds is 7. The highest BCUT2D eigenvalue weighted by Crippen LogP contribution is 2.32. The van der Waals surface area contributed by atoms with Gasteiger partial charge in [0.25, 0.3) is 5.56 Å². The summed E-state index contributed by atoms with van der Waals surface area (Å²) in [6.07, 6.45) is 3.77. The Labute approximate surface area is 230 Å². The van der Waals surface area contributed by atoms with Gasteiger partial charge in [-0.25, -0.2) is 9.97 Å². The number of carbonyl (C=O) groups is 1. The third kappa shape index (κ3) is 6.29. The maximum absolute atomic E-state index is 13.7. The van der Waals surface area contributed by atoms with Crippen LogP contribution in [0.15, 0.2) is 41.3 Å². The van der Waals surface area contributed by atoms with Crippen LogP contribution in [0.2, 0.25) is 0 Å². The number of fused-ring (bicyclic) bond motifs is 1. The quantitative estimate of drug-likeness (QED) is 0.450. The van der Waals surface area contributed by atoms with E-state index >= 15 is 0 Å². The number of likely N-dealkylation sites (tertiary alicyclic amines) is 1. The number of pyridine rings is 1. The number of alkyl halides is 3. The summed E-state index contributed by atoms with van der Waals surface area (Å²) in [5, 5.41) is 2.85. The number of aromatic nitrogens is 3. The smallest absolute Gasteiger partial charge is 0.416 e. The lowest BCUT2D eigenvalue weighted by atomic mass is 10.0. The van der Waals surface area contributed by atoms with Gasteiger partial charge in [-0.1, -0.05) is 25.0 Å². The molecule has 0 radical (unpaired) electrons. The van der Waals surface area contributed by atoms with Gasteiger partial charge < -0.3 is 15.0 Å². The van der Waals surface area contributed by atoms with Crippen molar-refractivity contribution in [2.45, 2.75) is 83.3 Å². The molecule has 0 spiro atoms. The highest BCUT2D eigenvalue weighted by Gasteiger charge is 2.31. The van der Waals surface area contributed by atoms with E-state index in [1.807, 2.05) is 0 Å². The zero-order valence-corrected chi connectivity index (χ0v) is 22.7. The zero-order chi connectivity index (χ0) is 28.4. The molecule has 2 aromatic heterocycles. The monoisotopic (exact) mass is 557 g/mol. The topological polar surface area (TPSA) is 89.3 Å². The fourth-order valence-corrected chi connectivity index (χ4v) is 5.69. The molecule has 214 valence electrons. The molecular weight excluding hydrogens is 523 g/mol. The molecule has 5 rings (SSSR count). The number of ether oxygens (including phenoxy) is 1. The SMILES string of the molecule is CC(C)NC(=O)Cn1c(-c2cccc(C(F)(F)F)c2)nc2ncc(OC3CCN(C4CCCC4)CC3)cc2c1=O. The predicted octanol–water partition coefficient (Wildman–Crippen LogP) is 4.79. The number of piperidine rings is 1. The van der Waals surface area contributed by atoms with Crippen LogP contribution < -0.4 is 15.6 Å². The van der Waals surface area contributed by atoms with Gasteiger partial charge in [-0.15, -0.1) is 0 Å². The summed E-state index contributed by atoms with van der Waals surface area (Å²) in [6, 6.07) is 6.58. The number of hydrogen-bond donors (Lipinski definition) is 1. The number of amides is 1. The summed E-state index contributed by atoms with van der Waals surface area (Å²) < 4.78 is 47.6. The largest absolute Gasteiger partial charge is 0.489 e. The van der Waals surface area contributed by atoms with Gasteiger partial charge in [-0.05, 0) is 57.7 Å². The van der Waals surface area contributed by atoms with Crippen LogP contribution in [0.5, 0.6) is 5.75 Å². The molecular formula is C29H34F3N5O3. The van der Waals surface area contributed by atoms with Crippen LogP contribution >= 0.6 is 0 Å².